The fraction of sp³-hybridized carbons (Fsp3) is 0.421. The molecule has 7 rings (SSSR count). The summed E-state index contributed by atoms with van der Waals surface area (Å²) in [7, 11) is 0. The molecule has 2 aromatic heterocycles. The predicted octanol–water partition coefficient (Wildman–Crippen LogP) is 11.9. The van der Waals surface area contributed by atoms with Crippen molar-refractivity contribution >= 4 is 33.8 Å². The van der Waals surface area contributed by atoms with E-state index in [1.54, 1.807) is 54.6 Å². The molecule has 1 N–H and O–H groups in total. The molecule has 2 aromatic carbocycles. The average Bonchev–Trinajstić information content (AvgIpc) is 3.74. The fourth-order valence-electron chi connectivity index (χ4n) is 7.04. The topological polar surface area (TPSA) is 38.7 Å². The third kappa shape index (κ3) is 6.20. The molecule has 0 saturated heterocycles. The van der Waals surface area contributed by atoms with Gasteiger partial charge < -0.3 is 14.6 Å². The molecule has 49 heavy (non-hydrogen) atoms. The van der Waals surface area contributed by atoms with Gasteiger partial charge >= 0.3 is 17.8 Å². The zero-order chi connectivity index (χ0) is 34.4. The summed E-state index contributed by atoms with van der Waals surface area (Å²) in [6.07, 6.45) is 7.23. The Kier molecular flexibility index (Phi) is 9.38. The van der Waals surface area contributed by atoms with Gasteiger partial charge in [-0.15, -0.1) is 0 Å². The van der Waals surface area contributed by atoms with Crippen molar-refractivity contribution in [1.29, 1.82) is 0 Å². The average molecular weight is 719 g/mol. The maximum absolute atomic E-state index is 16.3. The van der Waals surface area contributed by atoms with Gasteiger partial charge in [-0.25, -0.2) is 0 Å². The van der Waals surface area contributed by atoms with Crippen LogP contribution in [0.3, 0.4) is 0 Å². The molecule has 4 aromatic rings. The molecule has 3 aliphatic rings. The number of halogens is 6. The van der Waals surface area contributed by atoms with Gasteiger partial charge in [-0.2, -0.15) is 26.3 Å². The lowest BCUT2D eigenvalue weighted by Crippen LogP contribution is -2.48. The van der Waals surface area contributed by atoms with Crippen LogP contribution in [0.15, 0.2) is 66.7 Å². The number of ether oxygens (including phenoxy) is 2. The van der Waals surface area contributed by atoms with Crippen LogP contribution in [-0.4, -0.2) is 35.1 Å². The Bertz CT molecular complexity index is 1800. The Morgan fingerprint density at radius 3 is 1.45 bits per heavy atom. The molecule has 0 bridgehead atoms. The molecule has 2 fully saturated rings. The van der Waals surface area contributed by atoms with Crippen LogP contribution in [0.4, 0.5) is 26.3 Å². The molecular formula is C38H36F6O3S2. The van der Waals surface area contributed by atoms with Gasteiger partial charge in [-0.05, 0) is 80.2 Å². The zero-order valence-corrected chi connectivity index (χ0v) is 28.3. The number of aliphatic hydroxyl groups excluding tert-OH is 1. The molecule has 0 amide bonds. The van der Waals surface area contributed by atoms with E-state index in [0.717, 1.165) is 61.2 Å². The molecule has 260 valence electrons. The number of hydrogen-bond acceptors (Lipinski definition) is 5. The Hall–Kier alpha value is -3.28. The molecule has 3 nitrogen and oxygen atoms in total. The minimum absolute atomic E-state index is 0.0729. The summed E-state index contributed by atoms with van der Waals surface area (Å²) in [6, 6.07) is 18.0. The van der Waals surface area contributed by atoms with Crippen molar-refractivity contribution in [3.05, 3.63) is 83.4 Å². The Morgan fingerprint density at radius 1 is 0.592 bits per heavy atom. The van der Waals surface area contributed by atoms with Crippen LogP contribution in [0, 0.1) is 0 Å². The lowest BCUT2D eigenvalue weighted by molar-refractivity contribution is -0.254. The molecule has 0 radical (unpaired) electrons. The minimum atomic E-state index is -5.73. The fourth-order valence-corrected chi connectivity index (χ4v) is 9.21. The molecule has 3 aliphatic carbocycles. The van der Waals surface area contributed by atoms with Crippen LogP contribution in [0.1, 0.15) is 80.9 Å². The van der Waals surface area contributed by atoms with Gasteiger partial charge in [0.05, 0.1) is 18.8 Å². The number of benzene rings is 2. The summed E-state index contributed by atoms with van der Waals surface area (Å²) in [6.45, 7) is -0.213. The predicted molar refractivity (Wildman–Crippen MR) is 182 cm³/mol. The van der Waals surface area contributed by atoms with Gasteiger partial charge in [-0.3, -0.25) is 0 Å². The zero-order valence-electron chi connectivity index (χ0n) is 26.6. The van der Waals surface area contributed by atoms with Crippen LogP contribution in [0.5, 0.6) is 10.1 Å². The van der Waals surface area contributed by atoms with Crippen molar-refractivity contribution in [2.24, 2.45) is 0 Å². The van der Waals surface area contributed by atoms with Crippen LogP contribution < -0.4 is 9.47 Å². The SMILES string of the molecule is OCc1ccc(-c2cc(C3=C(c4cc(-c5ccccc5)sc4OC4CCCCC4)C(F)(F)C(F)(F)C3(F)F)c(OC3CCCCC3)s2)cc1. The van der Waals surface area contributed by atoms with E-state index in [-0.39, 0.29) is 28.9 Å². The Balaban J connectivity index is 1.46. The summed E-state index contributed by atoms with van der Waals surface area (Å²) in [5, 5.41) is 9.34. The first-order valence-electron chi connectivity index (χ1n) is 16.8. The number of allylic oxidation sites excluding steroid dienone is 2. The van der Waals surface area contributed by atoms with Crippen LogP contribution in [0.2, 0.25) is 0 Å². The normalized spacial score (nSPS) is 20.9. The highest BCUT2D eigenvalue weighted by Gasteiger charge is 2.80. The Labute approximate surface area is 289 Å². The van der Waals surface area contributed by atoms with Gasteiger partial charge in [-0.1, -0.05) is 90.1 Å². The molecule has 0 spiro atoms. The van der Waals surface area contributed by atoms with Crippen molar-refractivity contribution in [3.8, 4) is 31.0 Å². The van der Waals surface area contributed by atoms with Crippen molar-refractivity contribution in [1.82, 2.24) is 0 Å². The molecule has 0 aliphatic heterocycles. The van der Waals surface area contributed by atoms with E-state index in [0.29, 0.717) is 52.1 Å². The first kappa shape index (κ1) is 34.2. The third-order valence-electron chi connectivity index (χ3n) is 9.73. The number of alkyl halides is 6. The summed E-state index contributed by atoms with van der Waals surface area (Å²) in [5.41, 5.74) is -2.00. The maximum Gasteiger partial charge on any atom is 0.380 e. The summed E-state index contributed by atoms with van der Waals surface area (Å²) < 4.78 is 109. The van der Waals surface area contributed by atoms with Crippen LogP contribution in [-0.2, 0) is 6.61 Å². The second-order valence-corrected chi connectivity index (χ2v) is 15.1. The first-order chi connectivity index (χ1) is 23.5. The van der Waals surface area contributed by atoms with Gasteiger partial charge in [0.1, 0.15) is 0 Å². The number of rotatable bonds is 9. The van der Waals surface area contributed by atoms with Crippen molar-refractivity contribution in [3.63, 3.8) is 0 Å². The second kappa shape index (κ2) is 13.5. The van der Waals surface area contributed by atoms with Gasteiger partial charge in [0.25, 0.3) is 0 Å². The second-order valence-electron chi connectivity index (χ2n) is 13.1. The standard InChI is InChI=1S/C38H36F6O3S2/c39-36(40)32(28-20-30(24-10-4-1-5-11-24)48-34(28)46-26-12-6-2-7-13-26)33(37(41,42)38(36,43)44)29-21-31(25-18-16-23(22-45)17-19-25)49-35(29)47-27-14-8-3-9-15-27/h1,4-5,10-11,16-21,26-27,45H,2-3,6-9,12-15,22H2. The highest BCUT2D eigenvalue weighted by Crippen LogP contribution is 2.67. The molecule has 2 saturated carbocycles. The lowest BCUT2D eigenvalue weighted by atomic mass is 9.95. The Morgan fingerprint density at radius 2 is 1.02 bits per heavy atom. The van der Waals surface area contributed by atoms with E-state index in [9.17, 15) is 5.11 Å². The number of aliphatic hydroxyl groups is 1. The van der Waals surface area contributed by atoms with E-state index < -0.39 is 40.0 Å². The minimum Gasteiger partial charge on any atom is -0.480 e. The highest BCUT2D eigenvalue weighted by molar-refractivity contribution is 7.18. The highest BCUT2D eigenvalue weighted by atomic mass is 32.1. The molecule has 11 heteroatoms. The largest absolute Gasteiger partial charge is 0.480 e. The van der Waals surface area contributed by atoms with E-state index in [1.165, 1.54) is 12.1 Å². The van der Waals surface area contributed by atoms with Gasteiger partial charge in [0.2, 0.25) is 0 Å². The first-order valence-corrected chi connectivity index (χ1v) is 18.4. The monoisotopic (exact) mass is 718 g/mol. The number of hydrogen-bond donors (Lipinski definition) is 1. The molecule has 0 atom stereocenters. The smallest absolute Gasteiger partial charge is 0.380 e. The maximum atomic E-state index is 16.3. The van der Waals surface area contributed by atoms with Crippen LogP contribution >= 0.6 is 22.7 Å². The van der Waals surface area contributed by atoms with E-state index in [2.05, 4.69) is 0 Å². The van der Waals surface area contributed by atoms with Crippen molar-refractivity contribution in [2.75, 3.05) is 0 Å². The lowest BCUT2D eigenvalue weighted by Gasteiger charge is -2.26. The van der Waals surface area contributed by atoms with Gasteiger partial charge in [0.15, 0.2) is 10.1 Å². The molecule has 0 unspecified atom stereocenters. The summed E-state index contributed by atoms with van der Waals surface area (Å²) in [5.74, 6) is -16.2. The quantitative estimate of drug-likeness (QED) is 0.175. The molecular weight excluding hydrogens is 683 g/mol. The van der Waals surface area contributed by atoms with E-state index in [1.807, 2.05) is 0 Å². The summed E-state index contributed by atoms with van der Waals surface area (Å²) >= 11 is 1.97. The summed E-state index contributed by atoms with van der Waals surface area (Å²) in [4.78, 5) is 0.830. The van der Waals surface area contributed by atoms with E-state index >= 15 is 26.3 Å². The molecule has 2 heterocycles. The van der Waals surface area contributed by atoms with E-state index in [4.69, 9.17) is 9.47 Å². The van der Waals surface area contributed by atoms with Crippen LogP contribution in [0.25, 0.3) is 32.0 Å². The van der Waals surface area contributed by atoms with Crippen molar-refractivity contribution < 1.29 is 40.9 Å². The third-order valence-corrected chi connectivity index (χ3v) is 11.9. The van der Waals surface area contributed by atoms with Gasteiger partial charge in [0, 0.05) is 32.0 Å². The van der Waals surface area contributed by atoms with Crippen molar-refractivity contribution in [2.45, 2.75) is 101 Å². The number of thiophene rings is 2.